The number of thioether (sulfide) groups is 1. The summed E-state index contributed by atoms with van der Waals surface area (Å²) in [7, 11) is -3.65. The Morgan fingerprint density at radius 1 is 1.03 bits per heavy atom. The molecule has 0 saturated heterocycles. The fourth-order valence-electron chi connectivity index (χ4n) is 3.79. The van der Waals surface area contributed by atoms with Gasteiger partial charge in [-0.1, -0.05) is 12.1 Å². The molecular formula is C24H21F3N4O5S2. The first-order valence-electron chi connectivity index (χ1n) is 10.9. The number of carbonyl (C=O) groups is 2. The summed E-state index contributed by atoms with van der Waals surface area (Å²) in [4.78, 5) is 26.9. The molecule has 1 aliphatic heterocycles. The molecule has 0 aliphatic carbocycles. The van der Waals surface area contributed by atoms with Gasteiger partial charge in [-0.3, -0.25) is 9.52 Å². The molecule has 1 aliphatic rings. The Bertz CT molecular complexity index is 1500. The Balaban J connectivity index is 1.38. The molecule has 14 heteroatoms. The number of sulfonamides is 1. The molecule has 4 N–H and O–H groups in total. The lowest BCUT2D eigenvalue weighted by Crippen LogP contribution is -2.23. The summed E-state index contributed by atoms with van der Waals surface area (Å²) < 4.78 is 62.6. The van der Waals surface area contributed by atoms with Gasteiger partial charge in [0.1, 0.15) is 5.75 Å². The van der Waals surface area contributed by atoms with E-state index >= 15 is 0 Å². The molecule has 9 nitrogen and oxygen atoms in total. The molecule has 0 atom stereocenters. The number of anilines is 3. The maximum atomic E-state index is 12.8. The van der Waals surface area contributed by atoms with Crippen LogP contribution in [0.15, 0.2) is 65.6 Å². The van der Waals surface area contributed by atoms with Crippen molar-refractivity contribution in [2.24, 2.45) is 0 Å². The van der Waals surface area contributed by atoms with E-state index in [9.17, 15) is 36.3 Å². The average Bonchev–Trinajstić information content (AvgIpc) is 3.10. The van der Waals surface area contributed by atoms with Crippen molar-refractivity contribution in [1.29, 1.82) is 0 Å². The minimum atomic E-state index is -4.38. The van der Waals surface area contributed by atoms with Crippen molar-refractivity contribution in [1.82, 2.24) is 4.90 Å². The maximum Gasteiger partial charge on any atom is 0.446 e. The number of hydrogen-bond donors (Lipinski definition) is 4. The summed E-state index contributed by atoms with van der Waals surface area (Å²) in [6.07, 6.45) is 0.923. The molecule has 0 saturated carbocycles. The van der Waals surface area contributed by atoms with Crippen LogP contribution in [0, 0.1) is 0 Å². The molecule has 0 unspecified atom stereocenters. The van der Waals surface area contributed by atoms with Crippen molar-refractivity contribution < 1.29 is 36.3 Å². The Kier molecular flexibility index (Phi) is 7.47. The van der Waals surface area contributed by atoms with Crippen molar-refractivity contribution in [3.63, 3.8) is 0 Å². The van der Waals surface area contributed by atoms with E-state index in [1.807, 2.05) is 0 Å². The number of fused-ring (bicyclic) bond motifs is 1. The zero-order chi connectivity index (χ0) is 27.7. The van der Waals surface area contributed by atoms with Crippen molar-refractivity contribution in [2.45, 2.75) is 23.5 Å². The van der Waals surface area contributed by atoms with Crippen molar-refractivity contribution in [2.75, 3.05) is 21.6 Å². The fourth-order valence-corrected chi connectivity index (χ4v) is 4.89. The third kappa shape index (κ3) is 7.10. The van der Waals surface area contributed by atoms with Crippen molar-refractivity contribution in [3.05, 3.63) is 77.4 Å². The molecule has 1 heterocycles. The second-order valence-corrected chi connectivity index (χ2v) is 11.3. The Hall–Kier alpha value is -3.91. The molecule has 3 aromatic rings. The number of benzene rings is 3. The summed E-state index contributed by atoms with van der Waals surface area (Å²) in [6, 6.07) is 13.8. The molecule has 0 spiro atoms. The number of amides is 3. The van der Waals surface area contributed by atoms with Gasteiger partial charge in [0.15, 0.2) is 0 Å². The number of halogens is 3. The number of carbonyl (C=O) groups excluding carboxylic acids is 2. The molecule has 0 fully saturated rings. The lowest BCUT2D eigenvalue weighted by atomic mass is 10.1. The normalized spacial score (nSPS) is 13.3. The quantitative estimate of drug-likeness (QED) is 0.177. The van der Waals surface area contributed by atoms with Crippen molar-refractivity contribution >= 4 is 50.8 Å². The lowest BCUT2D eigenvalue weighted by Gasteiger charge is -2.16. The number of aromatic hydroxyl groups is 1. The minimum Gasteiger partial charge on any atom is -0.506 e. The highest BCUT2D eigenvalue weighted by Crippen LogP contribution is 2.37. The number of hydrogen-bond acceptors (Lipinski definition) is 6. The SMILES string of the molecule is CS(=O)(=O)Nc1cc(NC(=O)Nc2ccc3c(c2)CN(Cc2ccc(SC(F)(F)F)cc2)C3=O)ccc1O. The van der Waals surface area contributed by atoms with E-state index in [0.29, 0.717) is 22.4 Å². The summed E-state index contributed by atoms with van der Waals surface area (Å²) in [6.45, 7) is 0.460. The molecule has 200 valence electrons. The van der Waals surface area contributed by atoms with Gasteiger partial charge in [-0.15, -0.1) is 0 Å². The predicted molar refractivity (Wildman–Crippen MR) is 138 cm³/mol. The zero-order valence-electron chi connectivity index (χ0n) is 19.7. The fraction of sp³-hybridized carbons (Fsp3) is 0.167. The number of rotatable bonds is 7. The van der Waals surface area contributed by atoms with Gasteiger partial charge in [-0.05, 0) is 71.4 Å². The van der Waals surface area contributed by atoms with Crippen LogP contribution in [0.1, 0.15) is 21.5 Å². The first-order chi connectivity index (χ1) is 17.8. The van der Waals surface area contributed by atoms with E-state index in [1.54, 1.807) is 35.2 Å². The first kappa shape index (κ1) is 27.1. The van der Waals surface area contributed by atoms with Crippen LogP contribution in [0.2, 0.25) is 0 Å². The molecular weight excluding hydrogens is 545 g/mol. The van der Waals surface area contributed by atoms with Gasteiger partial charge in [0.2, 0.25) is 10.0 Å². The topological polar surface area (TPSA) is 128 Å². The number of nitrogens with zero attached hydrogens (tertiary/aromatic N) is 1. The first-order valence-corrected chi connectivity index (χ1v) is 13.6. The molecule has 3 aromatic carbocycles. The second kappa shape index (κ2) is 10.5. The van der Waals surface area contributed by atoms with Crippen LogP contribution in [-0.2, 0) is 23.1 Å². The smallest absolute Gasteiger partial charge is 0.446 e. The van der Waals surface area contributed by atoms with Crippen LogP contribution in [0.3, 0.4) is 0 Å². The van der Waals surface area contributed by atoms with Gasteiger partial charge in [0, 0.05) is 34.9 Å². The zero-order valence-corrected chi connectivity index (χ0v) is 21.3. The summed E-state index contributed by atoms with van der Waals surface area (Å²) in [5, 5.41) is 15.0. The van der Waals surface area contributed by atoms with Gasteiger partial charge >= 0.3 is 11.5 Å². The van der Waals surface area contributed by atoms with Gasteiger partial charge < -0.3 is 20.6 Å². The Labute approximate surface area is 220 Å². The van der Waals surface area contributed by atoms with Gasteiger partial charge in [0.05, 0.1) is 11.9 Å². The van der Waals surface area contributed by atoms with Crippen LogP contribution >= 0.6 is 11.8 Å². The van der Waals surface area contributed by atoms with Gasteiger partial charge in [-0.2, -0.15) is 13.2 Å². The summed E-state index contributed by atoms with van der Waals surface area (Å²) in [5.74, 6) is -0.551. The van der Waals surface area contributed by atoms with Crippen LogP contribution in [0.4, 0.5) is 35.0 Å². The molecule has 3 amide bonds. The monoisotopic (exact) mass is 566 g/mol. The number of alkyl halides is 3. The number of phenols is 1. The number of nitrogens with one attached hydrogen (secondary N) is 3. The standard InChI is InChI=1S/C24H21F3N4O5S2/c1-38(35,36)30-20-11-17(5-9-21(20)32)29-23(34)28-16-4-8-19-15(10-16)13-31(22(19)33)12-14-2-6-18(7-3-14)37-24(25,26)27/h2-11,30,32H,12-13H2,1H3,(H2,28,29,34). The number of phenolic OH excluding ortho intramolecular Hbond substituents is 1. The van der Waals surface area contributed by atoms with E-state index < -0.39 is 21.6 Å². The van der Waals surface area contributed by atoms with E-state index in [1.165, 1.54) is 30.3 Å². The minimum absolute atomic E-state index is 0.0569. The molecule has 0 radical (unpaired) electrons. The highest BCUT2D eigenvalue weighted by molar-refractivity contribution is 8.00. The maximum absolute atomic E-state index is 12.8. The van der Waals surface area contributed by atoms with E-state index in [-0.39, 0.29) is 52.8 Å². The highest BCUT2D eigenvalue weighted by Gasteiger charge is 2.30. The van der Waals surface area contributed by atoms with Crippen LogP contribution < -0.4 is 15.4 Å². The predicted octanol–water partition coefficient (Wildman–Crippen LogP) is 5.18. The van der Waals surface area contributed by atoms with Gasteiger partial charge in [0.25, 0.3) is 5.91 Å². The Morgan fingerprint density at radius 3 is 2.29 bits per heavy atom. The van der Waals surface area contributed by atoms with E-state index in [4.69, 9.17) is 0 Å². The third-order valence-electron chi connectivity index (χ3n) is 5.32. The second-order valence-electron chi connectivity index (χ2n) is 8.41. The Morgan fingerprint density at radius 2 is 1.66 bits per heavy atom. The molecule has 4 rings (SSSR count). The third-order valence-corrected chi connectivity index (χ3v) is 6.65. The van der Waals surface area contributed by atoms with Crippen LogP contribution in [0.5, 0.6) is 5.75 Å². The van der Waals surface area contributed by atoms with Crippen molar-refractivity contribution in [3.8, 4) is 5.75 Å². The van der Waals surface area contributed by atoms with Gasteiger partial charge in [-0.25, -0.2) is 13.2 Å². The highest BCUT2D eigenvalue weighted by atomic mass is 32.2. The molecule has 0 bridgehead atoms. The molecule has 0 aromatic heterocycles. The van der Waals surface area contributed by atoms with E-state index in [0.717, 1.165) is 6.26 Å². The summed E-state index contributed by atoms with van der Waals surface area (Å²) >= 11 is -0.206. The number of urea groups is 1. The van der Waals surface area contributed by atoms with Crippen LogP contribution in [-0.4, -0.2) is 42.1 Å². The van der Waals surface area contributed by atoms with E-state index in [2.05, 4.69) is 15.4 Å². The average molecular weight is 567 g/mol. The largest absolute Gasteiger partial charge is 0.506 e. The van der Waals surface area contributed by atoms with Crippen LogP contribution in [0.25, 0.3) is 0 Å². The lowest BCUT2D eigenvalue weighted by molar-refractivity contribution is -0.0328. The summed E-state index contributed by atoms with van der Waals surface area (Å²) in [5.41, 5.74) is -2.06. The molecule has 38 heavy (non-hydrogen) atoms.